The molecule has 3 aromatic rings. The smallest absolute Gasteiger partial charge is 0.160 e. The number of aryl methyl sites for hydroxylation is 3. The van der Waals surface area contributed by atoms with Gasteiger partial charge in [0.05, 0.1) is 6.54 Å². The van der Waals surface area contributed by atoms with Crippen LogP contribution in [0.5, 0.6) is 0 Å². The largest absolute Gasteiger partial charge is 0.308 e. The van der Waals surface area contributed by atoms with Crippen molar-refractivity contribution in [1.29, 1.82) is 0 Å². The van der Waals surface area contributed by atoms with Crippen molar-refractivity contribution >= 4 is 17.2 Å². The molecule has 33 heavy (non-hydrogen) atoms. The molecule has 0 unspecified atom stereocenters. The van der Waals surface area contributed by atoms with Crippen LogP contribution in [0.3, 0.4) is 0 Å². The second-order valence-corrected chi connectivity index (χ2v) is 9.86. The zero-order valence-corrected chi connectivity index (χ0v) is 21.0. The molecular weight excluding hydrogens is 406 g/mol. The molecule has 0 N–H and O–H groups in total. The highest BCUT2D eigenvalue weighted by Gasteiger charge is 2.16. The number of piperazine rings is 1. The third kappa shape index (κ3) is 5.90. The van der Waals surface area contributed by atoms with Crippen LogP contribution in [0.25, 0.3) is 17.2 Å². The summed E-state index contributed by atoms with van der Waals surface area (Å²) in [5.41, 5.74) is 6.82. The van der Waals surface area contributed by atoms with E-state index in [0.29, 0.717) is 0 Å². The van der Waals surface area contributed by atoms with E-state index in [1.54, 1.807) is 0 Å². The fraction of sp³-hybridized carbons (Fsp3) is 0.500. The van der Waals surface area contributed by atoms with Gasteiger partial charge in [-0.05, 0) is 42.5 Å². The van der Waals surface area contributed by atoms with Crippen molar-refractivity contribution < 1.29 is 0 Å². The Hall–Kier alpha value is -2.50. The molecule has 0 amide bonds. The lowest BCUT2D eigenvalue weighted by Crippen LogP contribution is -2.47. The fourth-order valence-corrected chi connectivity index (χ4v) is 4.81. The second kappa shape index (κ2) is 10.6. The van der Waals surface area contributed by atoms with Crippen molar-refractivity contribution in [2.75, 3.05) is 39.3 Å². The summed E-state index contributed by atoms with van der Waals surface area (Å²) in [5, 5.41) is 0. The number of rotatable bonds is 8. The van der Waals surface area contributed by atoms with Gasteiger partial charge in [0.2, 0.25) is 0 Å². The first-order valence-electron chi connectivity index (χ1n) is 12.5. The van der Waals surface area contributed by atoms with Crippen LogP contribution in [-0.2, 0) is 13.0 Å². The van der Waals surface area contributed by atoms with Crippen LogP contribution >= 0.6 is 0 Å². The number of hydrogen-bond acceptors (Lipinski definition) is 4. The topological polar surface area (TPSA) is 37.2 Å². The van der Waals surface area contributed by atoms with Crippen molar-refractivity contribution in [2.45, 2.75) is 47.6 Å². The molecule has 0 aliphatic carbocycles. The summed E-state index contributed by atoms with van der Waals surface area (Å²) < 4.78 is 2.28. The van der Waals surface area contributed by atoms with E-state index in [4.69, 9.17) is 9.97 Å². The molecular formula is C28H39N5. The summed E-state index contributed by atoms with van der Waals surface area (Å²) >= 11 is 0. The van der Waals surface area contributed by atoms with Gasteiger partial charge in [-0.1, -0.05) is 57.2 Å². The van der Waals surface area contributed by atoms with E-state index in [-0.39, 0.29) is 0 Å². The Morgan fingerprint density at radius 3 is 2.33 bits per heavy atom. The highest BCUT2D eigenvalue weighted by Crippen LogP contribution is 2.21. The van der Waals surface area contributed by atoms with Gasteiger partial charge >= 0.3 is 0 Å². The van der Waals surface area contributed by atoms with Gasteiger partial charge in [0.1, 0.15) is 11.3 Å². The summed E-state index contributed by atoms with van der Waals surface area (Å²) in [4.78, 5) is 14.8. The molecule has 1 saturated heterocycles. The van der Waals surface area contributed by atoms with E-state index in [2.05, 4.69) is 91.5 Å². The highest BCUT2D eigenvalue weighted by atomic mass is 15.3. The molecule has 4 rings (SSSR count). The molecule has 0 radical (unpaired) electrons. The van der Waals surface area contributed by atoms with Crippen LogP contribution in [0, 0.1) is 19.8 Å². The zero-order valence-electron chi connectivity index (χ0n) is 21.0. The molecule has 2 aromatic heterocycles. The van der Waals surface area contributed by atoms with Crippen molar-refractivity contribution in [3.05, 3.63) is 64.6 Å². The normalized spacial score (nSPS) is 15.9. The zero-order chi connectivity index (χ0) is 23.4. The van der Waals surface area contributed by atoms with Gasteiger partial charge in [0, 0.05) is 51.4 Å². The predicted octanol–water partition coefficient (Wildman–Crippen LogP) is 4.95. The molecule has 1 aliphatic heterocycles. The lowest BCUT2D eigenvalue weighted by molar-refractivity contribution is 0.131. The molecule has 0 bridgehead atoms. The van der Waals surface area contributed by atoms with Crippen LogP contribution in [-0.4, -0.2) is 63.6 Å². The first-order chi connectivity index (χ1) is 15.9. The number of pyridine rings is 1. The quantitative estimate of drug-likeness (QED) is 0.492. The van der Waals surface area contributed by atoms with E-state index < -0.39 is 0 Å². The Bertz CT molecular complexity index is 1090. The Morgan fingerprint density at radius 1 is 0.970 bits per heavy atom. The maximum atomic E-state index is 4.87. The van der Waals surface area contributed by atoms with Gasteiger partial charge in [-0.15, -0.1) is 0 Å². The minimum Gasteiger partial charge on any atom is -0.308 e. The summed E-state index contributed by atoms with van der Waals surface area (Å²) in [6.07, 6.45) is 5.46. The minimum absolute atomic E-state index is 0.755. The van der Waals surface area contributed by atoms with Crippen LogP contribution in [0.15, 0.2) is 36.4 Å². The SMILES string of the molecule is CCc1nc2c(C)cc(C)nc2n1Cc1ccc(C=CCN2CCN(CC(C)C)CC2)cc1. The van der Waals surface area contributed by atoms with Gasteiger partial charge in [0.25, 0.3) is 0 Å². The highest BCUT2D eigenvalue weighted by molar-refractivity contribution is 5.76. The maximum absolute atomic E-state index is 4.87. The number of benzene rings is 1. The first-order valence-corrected chi connectivity index (χ1v) is 12.5. The Labute approximate surface area is 199 Å². The average molecular weight is 446 g/mol. The summed E-state index contributed by atoms with van der Waals surface area (Å²) in [7, 11) is 0. The second-order valence-electron chi connectivity index (χ2n) is 9.86. The summed E-state index contributed by atoms with van der Waals surface area (Å²) in [6, 6.07) is 11.0. The van der Waals surface area contributed by atoms with Crippen LogP contribution in [0.2, 0.25) is 0 Å². The standard InChI is InChI=1S/C28H39N5/c1-6-26-30-27-22(4)18-23(5)29-28(27)33(26)20-25-11-9-24(10-12-25)8-7-13-31-14-16-32(17-15-31)19-21(2)3/h7-12,18,21H,6,13-17,19-20H2,1-5H3. The number of hydrogen-bond donors (Lipinski definition) is 0. The number of nitrogens with zero attached hydrogens (tertiary/aromatic N) is 5. The van der Waals surface area contributed by atoms with Gasteiger partial charge in [-0.2, -0.15) is 0 Å². The van der Waals surface area contributed by atoms with E-state index in [1.165, 1.54) is 49.4 Å². The summed E-state index contributed by atoms with van der Waals surface area (Å²) in [5.74, 6) is 1.86. The molecule has 1 aliphatic rings. The van der Waals surface area contributed by atoms with Crippen LogP contribution in [0.1, 0.15) is 49.0 Å². The number of imidazole rings is 1. The molecule has 0 saturated carbocycles. The van der Waals surface area contributed by atoms with Crippen LogP contribution in [0.4, 0.5) is 0 Å². The maximum Gasteiger partial charge on any atom is 0.160 e. The molecule has 1 fully saturated rings. The van der Waals surface area contributed by atoms with Gasteiger partial charge in [-0.3, -0.25) is 4.90 Å². The molecule has 1 aromatic carbocycles. The lowest BCUT2D eigenvalue weighted by Gasteiger charge is -2.34. The Balaban J connectivity index is 1.37. The minimum atomic E-state index is 0.755. The van der Waals surface area contributed by atoms with Crippen molar-refractivity contribution in [3.63, 3.8) is 0 Å². The van der Waals surface area contributed by atoms with Crippen LogP contribution < -0.4 is 0 Å². The van der Waals surface area contributed by atoms with E-state index >= 15 is 0 Å². The molecule has 0 atom stereocenters. The van der Waals surface area contributed by atoms with E-state index in [9.17, 15) is 0 Å². The molecule has 5 nitrogen and oxygen atoms in total. The average Bonchev–Trinajstić information content (AvgIpc) is 3.13. The van der Waals surface area contributed by atoms with Gasteiger partial charge < -0.3 is 9.47 Å². The van der Waals surface area contributed by atoms with E-state index in [0.717, 1.165) is 48.1 Å². The van der Waals surface area contributed by atoms with Crippen molar-refractivity contribution in [3.8, 4) is 0 Å². The number of fused-ring (bicyclic) bond motifs is 1. The molecule has 176 valence electrons. The Kier molecular flexibility index (Phi) is 7.61. The van der Waals surface area contributed by atoms with E-state index in [1.807, 2.05) is 0 Å². The fourth-order valence-electron chi connectivity index (χ4n) is 4.81. The number of aromatic nitrogens is 3. The molecule has 0 spiro atoms. The Morgan fingerprint density at radius 2 is 1.67 bits per heavy atom. The first kappa shape index (κ1) is 23.7. The van der Waals surface area contributed by atoms with Crippen molar-refractivity contribution in [2.24, 2.45) is 5.92 Å². The van der Waals surface area contributed by atoms with Gasteiger partial charge in [0.15, 0.2) is 5.65 Å². The third-order valence-corrected chi connectivity index (χ3v) is 6.50. The summed E-state index contributed by atoms with van der Waals surface area (Å²) in [6.45, 7) is 18.7. The van der Waals surface area contributed by atoms with Crippen molar-refractivity contribution in [1.82, 2.24) is 24.3 Å². The third-order valence-electron chi connectivity index (χ3n) is 6.50. The predicted molar refractivity (Wildman–Crippen MR) is 139 cm³/mol. The lowest BCUT2D eigenvalue weighted by atomic mass is 10.1. The monoisotopic (exact) mass is 445 g/mol. The van der Waals surface area contributed by atoms with Gasteiger partial charge in [-0.25, -0.2) is 9.97 Å². The molecule has 5 heteroatoms. The molecule has 3 heterocycles.